The number of nitrogens with zero attached hydrogens (tertiary/aromatic N) is 4. The van der Waals surface area contributed by atoms with Gasteiger partial charge in [-0.15, -0.1) is 17.4 Å². The Hall–Kier alpha value is -2.99. The molecule has 2 heterocycles. The number of pyridine rings is 1. The lowest BCUT2D eigenvalue weighted by Crippen LogP contribution is -2.35. The molecule has 0 aromatic carbocycles. The second-order valence-corrected chi connectivity index (χ2v) is 5.38. The number of carbonyl (C=O) groups is 1. The molecule has 0 atom stereocenters. The highest BCUT2D eigenvalue weighted by Crippen LogP contribution is 2.27. The Bertz CT molecular complexity index is 865. The number of hydrogen-bond acceptors (Lipinski definition) is 4. The smallest absolute Gasteiger partial charge is 0.262 e. The highest BCUT2D eigenvalue weighted by Gasteiger charge is 2.17. The predicted octanol–water partition coefficient (Wildman–Crippen LogP) is 1.45. The Labute approximate surface area is 141 Å². The average molecular weight is 324 g/mol. The van der Waals surface area contributed by atoms with Crippen LogP contribution in [0, 0.1) is 38.0 Å². The van der Waals surface area contributed by atoms with Gasteiger partial charge in [-0.2, -0.15) is 0 Å². The van der Waals surface area contributed by atoms with Crippen molar-refractivity contribution >= 4 is 16.9 Å². The first-order chi connectivity index (χ1) is 11.5. The number of fused-ring (bicyclic) bond motifs is 1. The monoisotopic (exact) mass is 324 g/mol. The minimum absolute atomic E-state index is 0.146. The molecule has 0 N–H and O–H groups in total. The van der Waals surface area contributed by atoms with E-state index in [-0.39, 0.29) is 25.6 Å². The molecule has 2 aromatic heterocycles. The number of amides is 1. The number of aromatic nitrogens is 3. The summed E-state index contributed by atoms with van der Waals surface area (Å²) in [7, 11) is 1.80. The summed E-state index contributed by atoms with van der Waals surface area (Å²) in [4.78, 5) is 18.2. The second kappa shape index (κ2) is 7.52. The van der Waals surface area contributed by atoms with Crippen LogP contribution in [-0.4, -0.2) is 45.3 Å². The number of terminal acetylenes is 1. The van der Waals surface area contributed by atoms with E-state index in [0.29, 0.717) is 5.88 Å². The molecule has 0 saturated heterocycles. The van der Waals surface area contributed by atoms with E-state index in [1.165, 1.54) is 4.90 Å². The first-order valence-corrected chi connectivity index (χ1v) is 7.52. The minimum atomic E-state index is -0.229. The van der Waals surface area contributed by atoms with Crippen molar-refractivity contribution in [1.82, 2.24) is 19.7 Å². The summed E-state index contributed by atoms with van der Waals surface area (Å²) in [5.74, 6) is 8.21. The maximum atomic E-state index is 12.3. The molecular formula is C18H20N4O2. The molecule has 0 bridgehead atoms. The van der Waals surface area contributed by atoms with Crippen molar-refractivity contribution in [3.8, 4) is 30.1 Å². The van der Waals surface area contributed by atoms with E-state index < -0.39 is 0 Å². The zero-order valence-corrected chi connectivity index (χ0v) is 14.4. The molecule has 0 aliphatic heterocycles. The van der Waals surface area contributed by atoms with Crippen LogP contribution in [0.25, 0.3) is 11.0 Å². The molecule has 0 fully saturated rings. The van der Waals surface area contributed by atoms with Crippen molar-refractivity contribution in [2.24, 2.45) is 7.05 Å². The fourth-order valence-corrected chi connectivity index (χ4v) is 2.39. The van der Waals surface area contributed by atoms with E-state index in [0.717, 1.165) is 22.3 Å². The molecule has 6 heteroatoms. The molecule has 0 aliphatic carbocycles. The first kappa shape index (κ1) is 17.4. The predicted molar refractivity (Wildman–Crippen MR) is 92.3 cm³/mol. The molecule has 24 heavy (non-hydrogen) atoms. The number of carbonyl (C=O) groups excluding carboxylic acids is 1. The van der Waals surface area contributed by atoms with Gasteiger partial charge in [0.1, 0.15) is 0 Å². The van der Waals surface area contributed by atoms with E-state index >= 15 is 0 Å². The maximum absolute atomic E-state index is 12.3. The first-order valence-electron chi connectivity index (χ1n) is 7.52. The summed E-state index contributed by atoms with van der Waals surface area (Å²) in [6, 6.07) is 1.96. The Morgan fingerprint density at radius 3 is 2.83 bits per heavy atom. The molecule has 6 nitrogen and oxygen atoms in total. The summed E-state index contributed by atoms with van der Waals surface area (Å²) in [6.45, 7) is 5.94. The van der Waals surface area contributed by atoms with Gasteiger partial charge in [0, 0.05) is 12.7 Å². The topological polar surface area (TPSA) is 60.3 Å². The second-order valence-electron chi connectivity index (χ2n) is 5.38. The van der Waals surface area contributed by atoms with Gasteiger partial charge in [0.25, 0.3) is 5.91 Å². The van der Waals surface area contributed by atoms with E-state index in [1.54, 1.807) is 18.7 Å². The summed E-state index contributed by atoms with van der Waals surface area (Å²) in [5.41, 5.74) is 2.64. The molecule has 1 amide bonds. The van der Waals surface area contributed by atoms with Gasteiger partial charge >= 0.3 is 0 Å². The van der Waals surface area contributed by atoms with Crippen molar-refractivity contribution in [3.05, 3.63) is 17.3 Å². The lowest BCUT2D eigenvalue weighted by Gasteiger charge is -2.17. The fraction of sp³-hybridized carbons (Fsp3) is 0.389. The van der Waals surface area contributed by atoms with E-state index in [2.05, 4.69) is 27.8 Å². The van der Waals surface area contributed by atoms with Gasteiger partial charge in [-0.25, -0.2) is 9.67 Å². The fourth-order valence-electron chi connectivity index (χ4n) is 2.39. The van der Waals surface area contributed by atoms with Crippen LogP contribution in [0.1, 0.15) is 18.2 Å². The maximum Gasteiger partial charge on any atom is 0.262 e. The molecule has 0 saturated carbocycles. The number of ether oxygens (including phenoxy) is 1. The van der Waals surface area contributed by atoms with Crippen LogP contribution in [0.3, 0.4) is 0 Å². The van der Waals surface area contributed by atoms with Crippen molar-refractivity contribution < 1.29 is 9.53 Å². The van der Waals surface area contributed by atoms with Gasteiger partial charge in [0.05, 0.1) is 18.5 Å². The van der Waals surface area contributed by atoms with Crippen LogP contribution in [0.15, 0.2) is 6.07 Å². The van der Waals surface area contributed by atoms with Crippen molar-refractivity contribution in [2.45, 2.75) is 20.8 Å². The SMILES string of the molecule is C#CCN(CC#CC)C(=O)COc1nn(C)c2nc(C)cc(C)c12. The Kier molecular flexibility index (Phi) is 5.44. The van der Waals surface area contributed by atoms with Gasteiger partial charge in [0.15, 0.2) is 12.3 Å². The molecule has 0 unspecified atom stereocenters. The minimum Gasteiger partial charge on any atom is -0.466 e. The third-order valence-electron chi connectivity index (χ3n) is 3.50. The van der Waals surface area contributed by atoms with Gasteiger partial charge in [-0.3, -0.25) is 4.79 Å². The van der Waals surface area contributed by atoms with Gasteiger partial charge in [-0.1, -0.05) is 11.8 Å². The lowest BCUT2D eigenvalue weighted by molar-refractivity contribution is -0.132. The van der Waals surface area contributed by atoms with Gasteiger partial charge in [0.2, 0.25) is 5.88 Å². The van der Waals surface area contributed by atoms with Crippen molar-refractivity contribution in [2.75, 3.05) is 19.7 Å². The van der Waals surface area contributed by atoms with E-state index in [1.807, 2.05) is 19.9 Å². The van der Waals surface area contributed by atoms with Crippen LogP contribution in [-0.2, 0) is 11.8 Å². The standard InChI is InChI=1S/C18H20N4O2/c1-6-8-10-22(9-7-2)15(23)12-24-18-16-13(3)11-14(4)19-17(16)21(5)20-18/h2,11H,9-10,12H2,1,3-5H3. The van der Waals surface area contributed by atoms with Crippen molar-refractivity contribution in [3.63, 3.8) is 0 Å². The van der Waals surface area contributed by atoms with Crippen LogP contribution >= 0.6 is 0 Å². The summed E-state index contributed by atoms with van der Waals surface area (Å²) < 4.78 is 7.30. The third kappa shape index (κ3) is 3.67. The number of hydrogen-bond donors (Lipinski definition) is 0. The van der Waals surface area contributed by atoms with E-state index in [9.17, 15) is 4.79 Å². The zero-order chi connectivity index (χ0) is 17.7. The molecule has 124 valence electrons. The lowest BCUT2D eigenvalue weighted by atomic mass is 10.2. The highest BCUT2D eigenvalue weighted by molar-refractivity contribution is 5.85. The Morgan fingerprint density at radius 1 is 1.42 bits per heavy atom. The van der Waals surface area contributed by atoms with Crippen LogP contribution in [0.5, 0.6) is 5.88 Å². The highest BCUT2D eigenvalue weighted by atomic mass is 16.5. The van der Waals surface area contributed by atoms with Crippen molar-refractivity contribution in [1.29, 1.82) is 0 Å². The van der Waals surface area contributed by atoms with Crippen LogP contribution in [0.2, 0.25) is 0 Å². The molecular weight excluding hydrogens is 304 g/mol. The molecule has 2 aromatic rings. The summed E-state index contributed by atoms with van der Waals surface area (Å²) >= 11 is 0. The number of rotatable bonds is 5. The van der Waals surface area contributed by atoms with E-state index in [4.69, 9.17) is 11.2 Å². The quantitative estimate of drug-likeness (QED) is 0.781. The largest absolute Gasteiger partial charge is 0.466 e. The summed E-state index contributed by atoms with van der Waals surface area (Å²) in [5, 5.41) is 5.14. The number of aryl methyl sites for hydroxylation is 3. The third-order valence-corrected chi connectivity index (χ3v) is 3.50. The van der Waals surface area contributed by atoms with Gasteiger partial charge in [-0.05, 0) is 32.4 Å². The summed E-state index contributed by atoms with van der Waals surface area (Å²) in [6.07, 6.45) is 5.30. The van der Waals surface area contributed by atoms with Crippen LogP contribution < -0.4 is 4.74 Å². The van der Waals surface area contributed by atoms with Gasteiger partial charge < -0.3 is 9.64 Å². The average Bonchev–Trinajstić information content (AvgIpc) is 2.85. The zero-order valence-electron chi connectivity index (χ0n) is 14.4. The normalized spacial score (nSPS) is 9.96. The molecule has 0 spiro atoms. The molecule has 0 aliphatic rings. The molecule has 2 rings (SSSR count). The molecule has 0 radical (unpaired) electrons. The Balaban J connectivity index is 2.19. The van der Waals surface area contributed by atoms with Crippen LogP contribution in [0.4, 0.5) is 0 Å². The Morgan fingerprint density at radius 2 is 2.17 bits per heavy atom.